The van der Waals surface area contributed by atoms with Crippen molar-refractivity contribution < 1.29 is 13.2 Å². The zero-order chi connectivity index (χ0) is 16.3. The van der Waals surface area contributed by atoms with E-state index in [9.17, 15) is 13.2 Å². The molecule has 0 spiro atoms. The van der Waals surface area contributed by atoms with Crippen LogP contribution in [0.25, 0.3) is 0 Å². The maximum absolute atomic E-state index is 12.0. The van der Waals surface area contributed by atoms with Crippen LogP contribution in [-0.2, 0) is 27.9 Å². The molecule has 1 aromatic carbocycles. The monoisotopic (exact) mass is 325 g/mol. The number of nitrogens with two attached hydrogens (primary N) is 1. The van der Waals surface area contributed by atoms with Gasteiger partial charge < -0.3 is 9.80 Å². The summed E-state index contributed by atoms with van der Waals surface area (Å²) in [5, 5.41) is 5.05. The lowest BCUT2D eigenvalue weighted by Gasteiger charge is -2.17. The third-order valence-electron chi connectivity index (χ3n) is 3.66. The van der Waals surface area contributed by atoms with Gasteiger partial charge in [-0.15, -0.1) is 0 Å². The van der Waals surface area contributed by atoms with E-state index in [1.807, 2.05) is 26.2 Å². The Morgan fingerprint density at radius 2 is 1.82 bits per heavy atom. The summed E-state index contributed by atoms with van der Waals surface area (Å²) in [5.74, 6) is -0.335. The molecule has 1 heterocycles. The van der Waals surface area contributed by atoms with E-state index < -0.39 is 10.0 Å². The van der Waals surface area contributed by atoms with Crippen LogP contribution in [0.2, 0.25) is 0 Å². The van der Waals surface area contributed by atoms with Gasteiger partial charge in [0, 0.05) is 32.0 Å². The second-order valence-corrected chi connectivity index (χ2v) is 7.89. The fourth-order valence-electron chi connectivity index (χ4n) is 2.78. The van der Waals surface area contributed by atoms with Crippen molar-refractivity contribution in [2.45, 2.75) is 19.5 Å². The molecule has 0 saturated carbocycles. The Hall–Kier alpha value is -1.44. The molecular weight excluding hydrogens is 302 g/mol. The minimum atomic E-state index is -3.53. The number of rotatable bonds is 6. The number of likely N-dealkylation sites (tertiary alicyclic amines) is 1. The number of carbonyl (C=O) groups excluding carboxylic acids is 1. The third-order valence-corrected chi connectivity index (χ3v) is 4.59. The minimum Gasteiger partial charge on any atom is -0.338 e. The molecule has 22 heavy (non-hydrogen) atoms. The van der Waals surface area contributed by atoms with Crippen molar-refractivity contribution in [2.24, 2.45) is 11.1 Å². The first-order chi connectivity index (χ1) is 10.2. The van der Waals surface area contributed by atoms with Gasteiger partial charge in [0.05, 0.1) is 5.75 Å². The molecular formula is C15H23N3O3S. The van der Waals surface area contributed by atoms with Crippen molar-refractivity contribution in [3.05, 3.63) is 35.4 Å². The van der Waals surface area contributed by atoms with Gasteiger partial charge in [0.15, 0.2) is 0 Å². The fraction of sp³-hybridized carbons (Fsp3) is 0.533. The van der Waals surface area contributed by atoms with Crippen LogP contribution in [0.3, 0.4) is 0 Å². The van der Waals surface area contributed by atoms with Crippen molar-refractivity contribution in [3.8, 4) is 0 Å². The van der Waals surface area contributed by atoms with Gasteiger partial charge in [-0.3, -0.25) is 4.79 Å². The van der Waals surface area contributed by atoms with Crippen molar-refractivity contribution in [2.75, 3.05) is 26.4 Å². The average Bonchev–Trinajstić information content (AvgIpc) is 2.69. The second kappa shape index (κ2) is 6.76. The predicted octanol–water partition coefficient (Wildman–Crippen LogP) is 0.385. The fourth-order valence-corrected chi connectivity index (χ4v) is 3.66. The van der Waals surface area contributed by atoms with Crippen LogP contribution in [0, 0.1) is 5.92 Å². The van der Waals surface area contributed by atoms with Gasteiger partial charge in [0.2, 0.25) is 15.9 Å². The first kappa shape index (κ1) is 16.9. The summed E-state index contributed by atoms with van der Waals surface area (Å²) in [5.41, 5.74) is 2.26. The van der Waals surface area contributed by atoms with Crippen LogP contribution in [0.1, 0.15) is 17.5 Å². The molecule has 1 atom stereocenters. The molecule has 2 rings (SSSR count). The highest BCUT2D eigenvalue weighted by atomic mass is 32.2. The van der Waals surface area contributed by atoms with E-state index in [-0.39, 0.29) is 24.0 Å². The van der Waals surface area contributed by atoms with Crippen LogP contribution in [0.4, 0.5) is 0 Å². The Bertz CT molecular complexity index is 626. The van der Waals surface area contributed by atoms with Gasteiger partial charge in [0.25, 0.3) is 0 Å². The lowest BCUT2D eigenvalue weighted by molar-refractivity contribution is -0.128. The highest BCUT2D eigenvalue weighted by molar-refractivity contribution is 7.89. The molecule has 1 aliphatic rings. The molecule has 1 fully saturated rings. The van der Waals surface area contributed by atoms with E-state index in [0.717, 1.165) is 12.1 Å². The van der Waals surface area contributed by atoms with E-state index in [2.05, 4.69) is 17.0 Å². The summed E-state index contributed by atoms with van der Waals surface area (Å²) in [6, 6.07) is 8.13. The summed E-state index contributed by atoms with van der Waals surface area (Å²) in [6.45, 7) is 1.84. The van der Waals surface area contributed by atoms with Crippen LogP contribution in [0.5, 0.6) is 0 Å². The first-order valence-electron chi connectivity index (χ1n) is 7.24. The number of nitrogens with zero attached hydrogens (tertiary/aromatic N) is 2. The summed E-state index contributed by atoms with van der Waals surface area (Å²) >= 11 is 0. The molecule has 0 radical (unpaired) electrons. The Morgan fingerprint density at radius 3 is 2.36 bits per heavy atom. The highest BCUT2D eigenvalue weighted by Crippen LogP contribution is 2.21. The molecule has 6 nitrogen and oxygen atoms in total. The zero-order valence-electron chi connectivity index (χ0n) is 13.0. The number of hydrogen-bond acceptors (Lipinski definition) is 4. The summed E-state index contributed by atoms with van der Waals surface area (Å²) in [7, 11) is 0.505. The topological polar surface area (TPSA) is 83.7 Å². The Morgan fingerprint density at radius 1 is 1.23 bits per heavy atom. The Labute approximate surface area is 131 Å². The van der Waals surface area contributed by atoms with Crippen molar-refractivity contribution in [3.63, 3.8) is 0 Å². The largest absolute Gasteiger partial charge is 0.338 e. The van der Waals surface area contributed by atoms with Crippen LogP contribution >= 0.6 is 0 Å². The quantitative estimate of drug-likeness (QED) is 0.820. The van der Waals surface area contributed by atoms with Gasteiger partial charge in [0.1, 0.15) is 0 Å². The second-order valence-electron chi connectivity index (χ2n) is 6.23. The van der Waals surface area contributed by atoms with E-state index in [1.54, 1.807) is 4.90 Å². The van der Waals surface area contributed by atoms with E-state index in [1.165, 1.54) is 5.56 Å². The number of primary sulfonamides is 1. The van der Waals surface area contributed by atoms with Gasteiger partial charge in [-0.1, -0.05) is 24.3 Å². The van der Waals surface area contributed by atoms with E-state index in [4.69, 9.17) is 5.14 Å². The molecule has 1 aliphatic heterocycles. The van der Waals surface area contributed by atoms with Gasteiger partial charge in [-0.05, 0) is 25.2 Å². The van der Waals surface area contributed by atoms with E-state index in [0.29, 0.717) is 13.1 Å². The molecule has 0 bridgehead atoms. The third kappa shape index (κ3) is 5.08. The maximum Gasteiger partial charge on any atom is 0.223 e. The number of hydrogen-bond donors (Lipinski definition) is 1. The first-order valence-corrected chi connectivity index (χ1v) is 8.95. The minimum absolute atomic E-state index is 0.00832. The molecule has 1 saturated heterocycles. The summed E-state index contributed by atoms with van der Waals surface area (Å²) < 4.78 is 22.3. The van der Waals surface area contributed by atoms with Crippen molar-refractivity contribution >= 4 is 15.9 Å². The number of sulfonamides is 1. The molecule has 2 N–H and O–H groups in total. The van der Waals surface area contributed by atoms with Crippen molar-refractivity contribution in [1.29, 1.82) is 0 Å². The normalized spacial score (nSPS) is 19.2. The van der Waals surface area contributed by atoms with Gasteiger partial charge >= 0.3 is 0 Å². The Kier molecular flexibility index (Phi) is 5.20. The molecule has 1 unspecified atom stereocenters. The summed E-state index contributed by atoms with van der Waals surface area (Å²) in [6.07, 6.45) is 0.259. The standard InChI is InChI=1S/C15H23N3O3S/c1-17(2)8-12-3-5-13(6-4-12)9-18-10-14(7-15(18)19)11-22(16,20)21/h3-6,14H,7-11H2,1-2H3,(H2,16,20,21). The molecule has 122 valence electrons. The van der Waals surface area contributed by atoms with Crippen LogP contribution in [0.15, 0.2) is 24.3 Å². The molecule has 7 heteroatoms. The number of benzene rings is 1. The molecule has 0 aliphatic carbocycles. The predicted molar refractivity (Wildman–Crippen MR) is 85.3 cm³/mol. The number of carbonyl (C=O) groups is 1. The summed E-state index contributed by atoms with van der Waals surface area (Å²) in [4.78, 5) is 15.8. The lowest BCUT2D eigenvalue weighted by atomic mass is 10.1. The lowest BCUT2D eigenvalue weighted by Crippen LogP contribution is -2.27. The average molecular weight is 325 g/mol. The zero-order valence-corrected chi connectivity index (χ0v) is 13.8. The molecule has 0 aromatic heterocycles. The van der Waals surface area contributed by atoms with Crippen LogP contribution in [-0.4, -0.2) is 50.5 Å². The Balaban J connectivity index is 1.94. The highest BCUT2D eigenvalue weighted by Gasteiger charge is 2.31. The molecule has 1 aromatic rings. The smallest absolute Gasteiger partial charge is 0.223 e. The van der Waals surface area contributed by atoms with Crippen molar-refractivity contribution in [1.82, 2.24) is 9.80 Å². The SMILES string of the molecule is CN(C)Cc1ccc(CN2CC(CS(N)(=O)=O)CC2=O)cc1. The van der Waals surface area contributed by atoms with Crippen LogP contribution < -0.4 is 5.14 Å². The maximum atomic E-state index is 12.0. The number of amides is 1. The van der Waals surface area contributed by atoms with Gasteiger partial charge in [-0.2, -0.15) is 0 Å². The van der Waals surface area contributed by atoms with E-state index >= 15 is 0 Å². The van der Waals surface area contributed by atoms with Gasteiger partial charge in [-0.25, -0.2) is 13.6 Å². The molecule has 1 amide bonds.